The number of hydrogen-bond acceptors (Lipinski definition) is 2. The third-order valence-electron chi connectivity index (χ3n) is 2.21. The molecule has 0 N–H and O–H groups in total. The van der Waals surface area contributed by atoms with Crippen LogP contribution in [0.25, 0.3) is 11.3 Å². The molecule has 2 heteroatoms. The fourth-order valence-corrected chi connectivity index (χ4v) is 1.42. The van der Waals surface area contributed by atoms with E-state index < -0.39 is 0 Å². The van der Waals surface area contributed by atoms with Crippen molar-refractivity contribution in [2.24, 2.45) is 0 Å². The van der Waals surface area contributed by atoms with Gasteiger partial charge >= 0.3 is 0 Å². The van der Waals surface area contributed by atoms with E-state index in [0.29, 0.717) is 0 Å². The van der Waals surface area contributed by atoms with E-state index in [1.54, 1.807) is 13.4 Å². The van der Waals surface area contributed by atoms with Crippen molar-refractivity contribution in [1.29, 1.82) is 0 Å². The smallest absolute Gasteiger partial charge is 0.133 e. The summed E-state index contributed by atoms with van der Waals surface area (Å²) in [6.07, 6.45) is 1.67. The van der Waals surface area contributed by atoms with Gasteiger partial charge in [0.2, 0.25) is 0 Å². The minimum atomic E-state index is 0.864. The van der Waals surface area contributed by atoms with Gasteiger partial charge in [-0.3, -0.25) is 0 Å². The molecule has 0 aliphatic heterocycles. The number of ether oxygens (including phenoxy) is 1. The monoisotopic (exact) mass is 188 g/mol. The Balaban J connectivity index is 2.46. The highest BCUT2D eigenvalue weighted by Crippen LogP contribution is 2.26. The van der Waals surface area contributed by atoms with Crippen molar-refractivity contribution in [3.05, 3.63) is 42.2 Å². The molecule has 0 spiro atoms. The zero-order valence-corrected chi connectivity index (χ0v) is 8.28. The Morgan fingerprint density at radius 3 is 2.71 bits per heavy atom. The second-order valence-electron chi connectivity index (χ2n) is 3.16. The van der Waals surface area contributed by atoms with Crippen LogP contribution in [-0.4, -0.2) is 7.11 Å². The van der Waals surface area contributed by atoms with E-state index >= 15 is 0 Å². The molecule has 0 amide bonds. The molecule has 14 heavy (non-hydrogen) atoms. The molecule has 1 heterocycles. The van der Waals surface area contributed by atoms with Crippen molar-refractivity contribution in [1.82, 2.24) is 0 Å². The molecule has 0 radical (unpaired) electrons. The molecule has 0 aliphatic rings. The van der Waals surface area contributed by atoms with Crippen molar-refractivity contribution in [2.75, 3.05) is 7.11 Å². The van der Waals surface area contributed by atoms with Gasteiger partial charge in [-0.15, -0.1) is 0 Å². The normalized spacial score (nSPS) is 10.1. The summed E-state index contributed by atoms with van der Waals surface area (Å²) in [5, 5.41) is 0. The predicted molar refractivity (Wildman–Crippen MR) is 55.4 cm³/mol. The number of methoxy groups -OCH3 is 1. The van der Waals surface area contributed by atoms with E-state index in [1.807, 2.05) is 37.3 Å². The van der Waals surface area contributed by atoms with Crippen LogP contribution in [0.1, 0.15) is 5.56 Å². The summed E-state index contributed by atoms with van der Waals surface area (Å²) in [5.74, 6) is 1.75. The van der Waals surface area contributed by atoms with Gasteiger partial charge in [0.1, 0.15) is 11.5 Å². The molecular weight excluding hydrogens is 176 g/mol. The van der Waals surface area contributed by atoms with E-state index in [4.69, 9.17) is 9.15 Å². The third-order valence-corrected chi connectivity index (χ3v) is 2.21. The van der Waals surface area contributed by atoms with Crippen LogP contribution in [0.15, 0.2) is 41.0 Å². The van der Waals surface area contributed by atoms with Crippen LogP contribution in [0.2, 0.25) is 0 Å². The Hall–Kier alpha value is -1.70. The molecule has 1 aromatic carbocycles. The topological polar surface area (TPSA) is 22.4 Å². The lowest BCUT2D eigenvalue weighted by atomic mass is 10.1. The van der Waals surface area contributed by atoms with Crippen LogP contribution in [0.5, 0.6) is 5.75 Å². The van der Waals surface area contributed by atoms with E-state index in [1.165, 1.54) is 0 Å². The molecule has 2 aromatic rings. The number of benzene rings is 1. The summed E-state index contributed by atoms with van der Waals surface area (Å²) < 4.78 is 10.5. The van der Waals surface area contributed by atoms with Gasteiger partial charge in [-0.1, -0.05) is 12.1 Å². The maximum absolute atomic E-state index is 5.30. The Morgan fingerprint density at radius 1 is 1.21 bits per heavy atom. The second kappa shape index (κ2) is 3.58. The van der Waals surface area contributed by atoms with Gasteiger partial charge in [-0.25, -0.2) is 0 Å². The zero-order valence-electron chi connectivity index (χ0n) is 8.28. The lowest BCUT2D eigenvalue weighted by molar-refractivity contribution is 0.411. The molecule has 0 fully saturated rings. The molecule has 0 aliphatic carbocycles. The minimum Gasteiger partial charge on any atom is -0.496 e. The highest BCUT2D eigenvalue weighted by molar-refractivity contribution is 5.60. The molecular formula is C12H12O2. The average molecular weight is 188 g/mol. The SMILES string of the molecule is COc1cc(-c2ccco2)ccc1C. The maximum atomic E-state index is 5.30. The first-order valence-electron chi connectivity index (χ1n) is 4.50. The van der Waals surface area contributed by atoms with Gasteiger partial charge in [0, 0.05) is 5.56 Å². The summed E-state index contributed by atoms with van der Waals surface area (Å²) >= 11 is 0. The van der Waals surface area contributed by atoms with Crippen LogP contribution in [0.3, 0.4) is 0 Å². The van der Waals surface area contributed by atoms with Crippen LogP contribution < -0.4 is 4.74 Å². The number of hydrogen-bond donors (Lipinski definition) is 0. The first kappa shape index (κ1) is 8.88. The van der Waals surface area contributed by atoms with Gasteiger partial charge in [0.05, 0.1) is 13.4 Å². The first-order valence-corrected chi connectivity index (χ1v) is 4.50. The Morgan fingerprint density at radius 2 is 2.07 bits per heavy atom. The van der Waals surface area contributed by atoms with E-state index in [0.717, 1.165) is 22.6 Å². The van der Waals surface area contributed by atoms with Crippen LogP contribution in [-0.2, 0) is 0 Å². The number of rotatable bonds is 2. The predicted octanol–water partition coefficient (Wildman–Crippen LogP) is 3.26. The zero-order chi connectivity index (χ0) is 9.97. The lowest BCUT2D eigenvalue weighted by Crippen LogP contribution is -1.87. The molecule has 2 rings (SSSR count). The van der Waals surface area contributed by atoms with E-state index in [2.05, 4.69) is 0 Å². The van der Waals surface area contributed by atoms with Crippen molar-refractivity contribution in [3.63, 3.8) is 0 Å². The third kappa shape index (κ3) is 1.51. The molecule has 0 saturated heterocycles. The minimum absolute atomic E-state index is 0.864. The fraction of sp³-hybridized carbons (Fsp3) is 0.167. The first-order chi connectivity index (χ1) is 6.81. The summed E-state index contributed by atoms with van der Waals surface area (Å²) in [6.45, 7) is 2.02. The molecule has 0 saturated carbocycles. The summed E-state index contributed by atoms with van der Waals surface area (Å²) in [5.41, 5.74) is 2.17. The van der Waals surface area contributed by atoms with E-state index in [-0.39, 0.29) is 0 Å². The van der Waals surface area contributed by atoms with Crippen LogP contribution >= 0.6 is 0 Å². The highest BCUT2D eigenvalue weighted by Gasteiger charge is 2.03. The molecule has 2 nitrogen and oxygen atoms in total. The quantitative estimate of drug-likeness (QED) is 0.721. The molecule has 72 valence electrons. The lowest BCUT2D eigenvalue weighted by Gasteiger charge is -2.05. The van der Waals surface area contributed by atoms with Gasteiger partial charge in [0.15, 0.2) is 0 Å². The summed E-state index contributed by atoms with van der Waals surface area (Å²) in [6, 6.07) is 9.84. The Labute approximate surface area is 83.1 Å². The van der Waals surface area contributed by atoms with Gasteiger partial charge in [0.25, 0.3) is 0 Å². The van der Waals surface area contributed by atoms with Crippen LogP contribution in [0, 0.1) is 6.92 Å². The second-order valence-corrected chi connectivity index (χ2v) is 3.16. The van der Waals surface area contributed by atoms with Gasteiger partial charge in [-0.2, -0.15) is 0 Å². The van der Waals surface area contributed by atoms with Crippen molar-refractivity contribution < 1.29 is 9.15 Å². The number of aryl methyl sites for hydroxylation is 1. The average Bonchev–Trinajstić information content (AvgIpc) is 2.71. The number of furan rings is 1. The van der Waals surface area contributed by atoms with Crippen molar-refractivity contribution in [2.45, 2.75) is 6.92 Å². The standard InChI is InChI=1S/C12H12O2/c1-9-5-6-10(8-12(9)13-2)11-4-3-7-14-11/h3-8H,1-2H3. The Kier molecular flexibility index (Phi) is 2.27. The fourth-order valence-electron chi connectivity index (χ4n) is 1.42. The highest BCUT2D eigenvalue weighted by atomic mass is 16.5. The van der Waals surface area contributed by atoms with Crippen molar-refractivity contribution >= 4 is 0 Å². The summed E-state index contributed by atoms with van der Waals surface area (Å²) in [7, 11) is 1.67. The molecule has 0 unspecified atom stereocenters. The van der Waals surface area contributed by atoms with Gasteiger partial charge in [-0.05, 0) is 30.7 Å². The van der Waals surface area contributed by atoms with Gasteiger partial charge < -0.3 is 9.15 Å². The maximum Gasteiger partial charge on any atom is 0.133 e. The molecule has 0 bridgehead atoms. The molecule has 0 atom stereocenters. The Bertz CT molecular complexity index is 416. The summed E-state index contributed by atoms with van der Waals surface area (Å²) in [4.78, 5) is 0. The van der Waals surface area contributed by atoms with Crippen molar-refractivity contribution in [3.8, 4) is 17.1 Å². The van der Waals surface area contributed by atoms with E-state index in [9.17, 15) is 0 Å². The largest absolute Gasteiger partial charge is 0.496 e. The molecule has 1 aromatic heterocycles. The van der Waals surface area contributed by atoms with Crippen LogP contribution in [0.4, 0.5) is 0 Å².